The summed E-state index contributed by atoms with van der Waals surface area (Å²) in [6.07, 6.45) is 4.81. The van der Waals surface area contributed by atoms with Crippen LogP contribution in [0.5, 0.6) is 23.0 Å². The van der Waals surface area contributed by atoms with Crippen molar-refractivity contribution in [3.05, 3.63) is 137 Å². The fourth-order valence-corrected chi connectivity index (χ4v) is 11.6. The van der Waals surface area contributed by atoms with Crippen LogP contribution in [0, 0.1) is 0 Å². The van der Waals surface area contributed by atoms with Crippen LogP contribution in [0.25, 0.3) is 0 Å². The average Bonchev–Trinajstić information content (AvgIpc) is 4.54. The maximum absolute atomic E-state index is 13.1. The molecule has 0 unspecified atom stereocenters. The van der Waals surface area contributed by atoms with Crippen LogP contribution in [-0.4, -0.2) is 118 Å². The number of hydrogen-bond donors (Lipinski definition) is 6. The number of nitrogens with zero attached hydrogens (tertiary/aromatic N) is 2. The third kappa shape index (κ3) is 25.1. The molecule has 85 heavy (non-hydrogen) atoms. The van der Waals surface area contributed by atoms with E-state index in [0.717, 1.165) is 69.5 Å². The van der Waals surface area contributed by atoms with E-state index in [1.807, 2.05) is 108 Å². The second kappa shape index (κ2) is 40.4. The minimum atomic E-state index is -0.425. The van der Waals surface area contributed by atoms with Crippen LogP contribution in [0.15, 0.2) is 106 Å². The van der Waals surface area contributed by atoms with E-state index < -0.39 is 36.3 Å². The number of carbonyl (C=O) groups is 4. The van der Waals surface area contributed by atoms with Gasteiger partial charge in [-0.15, -0.1) is 45.3 Å². The minimum Gasteiger partial charge on any atom is -1.00 e. The molecule has 6 N–H and O–H groups in total. The zero-order valence-corrected chi connectivity index (χ0v) is 52.6. The van der Waals surface area contributed by atoms with Gasteiger partial charge in [0, 0.05) is 54.3 Å². The average molecular weight is 1240 g/mol. The fourth-order valence-electron chi connectivity index (χ4n) is 8.69. The smallest absolute Gasteiger partial charge is 1.00 e. The van der Waals surface area contributed by atoms with E-state index in [1.54, 1.807) is 67.3 Å². The summed E-state index contributed by atoms with van der Waals surface area (Å²) in [7, 11) is 0. The molecule has 8 rings (SSSR count). The van der Waals surface area contributed by atoms with Gasteiger partial charge in [-0.3, -0.25) is 9.80 Å². The number of ether oxygens (including phenoxy) is 7. The van der Waals surface area contributed by atoms with Crippen LogP contribution in [0.3, 0.4) is 0 Å². The van der Waals surface area contributed by atoms with E-state index in [9.17, 15) is 29.4 Å². The molecular weight excluding hydrogens is 1160 g/mol. The zero-order valence-electron chi connectivity index (χ0n) is 50.3. The molecule has 6 heterocycles. The Morgan fingerprint density at radius 2 is 0.882 bits per heavy atom. The Balaban J connectivity index is 0.000000404. The molecule has 2 aliphatic heterocycles. The SMILES string of the molecule is CCCC[C@@H](COC(=O)N(Cc1cccs1)Cc1cccs1)NC(=O)N[C@@H](CCO)c1ccc2c(c1)OCO2.CCCC[C@@H](COC(=O)N(Cc1cccs1)Cc1cccs1)NC(=O)N[C@@H](CCO)c1ccc2c(c1)OCO2.CCOCC.[B].[H-].[Li+]. The third-order valence-corrected chi connectivity index (χ3v) is 16.4. The number of nitrogens with one attached hydrogen (secondary N) is 4. The number of hydrogen-bond acceptors (Lipinski definition) is 17. The maximum atomic E-state index is 13.1. The monoisotopic (exact) mass is 1240 g/mol. The van der Waals surface area contributed by atoms with Crippen LogP contribution in [-0.2, 0) is 40.4 Å². The van der Waals surface area contributed by atoms with Gasteiger partial charge in [0.05, 0.1) is 50.3 Å². The van der Waals surface area contributed by atoms with Crippen LogP contribution < -0.4 is 59.1 Å². The number of urea groups is 2. The molecule has 6 aromatic rings. The van der Waals surface area contributed by atoms with Crippen molar-refractivity contribution in [3.63, 3.8) is 0 Å². The Labute approximate surface area is 531 Å². The molecule has 0 spiro atoms. The number of amides is 6. The van der Waals surface area contributed by atoms with E-state index in [2.05, 4.69) is 35.1 Å². The fraction of sp³-hybridized carbons (Fsp3) is 0.467. The second-order valence-electron chi connectivity index (χ2n) is 19.2. The number of rotatable bonds is 30. The van der Waals surface area contributed by atoms with Gasteiger partial charge in [0.25, 0.3) is 0 Å². The first kappa shape index (κ1) is 71.5. The van der Waals surface area contributed by atoms with Gasteiger partial charge in [-0.25, -0.2) is 19.2 Å². The molecule has 0 saturated heterocycles. The summed E-state index contributed by atoms with van der Waals surface area (Å²) in [5, 5.41) is 39.0. The van der Waals surface area contributed by atoms with Crippen molar-refractivity contribution >= 4 is 78.0 Å². The largest absolute Gasteiger partial charge is 1.00 e. The molecule has 0 fully saturated rings. The molecule has 0 bridgehead atoms. The summed E-state index contributed by atoms with van der Waals surface area (Å²) >= 11 is 6.38. The second-order valence-corrected chi connectivity index (χ2v) is 23.4. The van der Waals surface area contributed by atoms with Gasteiger partial charge in [-0.2, -0.15) is 0 Å². The van der Waals surface area contributed by atoms with Gasteiger partial charge < -0.3 is 66.1 Å². The molecule has 19 nitrogen and oxygen atoms in total. The summed E-state index contributed by atoms with van der Waals surface area (Å²) in [5.74, 6) is 2.53. The van der Waals surface area contributed by atoms with Crippen LogP contribution in [0.4, 0.5) is 19.2 Å². The van der Waals surface area contributed by atoms with E-state index in [0.29, 0.717) is 74.9 Å². The topological polar surface area (TPSA) is 228 Å². The predicted octanol–water partition coefficient (Wildman–Crippen LogP) is 9.10. The number of benzene rings is 2. The number of unbranched alkanes of at least 4 members (excludes halogenated alkanes) is 2. The molecule has 0 aliphatic carbocycles. The predicted molar refractivity (Wildman–Crippen MR) is 331 cm³/mol. The van der Waals surface area contributed by atoms with Crippen molar-refractivity contribution < 1.29 is 82.8 Å². The van der Waals surface area contributed by atoms with Crippen molar-refractivity contribution in [1.82, 2.24) is 31.1 Å². The first-order valence-electron chi connectivity index (χ1n) is 28.2. The molecule has 0 saturated carbocycles. The van der Waals surface area contributed by atoms with Crippen molar-refractivity contribution in [1.29, 1.82) is 0 Å². The van der Waals surface area contributed by atoms with Gasteiger partial charge in [0.2, 0.25) is 13.6 Å². The van der Waals surface area contributed by atoms with Crippen LogP contribution >= 0.6 is 45.3 Å². The molecule has 6 amide bonds. The maximum Gasteiger partial charge on any atom is 1.00 e. The normalized spacial score (nSPS) is 12.9. The summed E-state index contributed by atoms with van der Waals surface area (Å²) in [4.78, 5) is 59.9. The quantitative estimate of drug-likeness (QED) is 0.0232. The Morgan fingerprint density at radius 3 is 1.18 bits per heavy atom. The number of fused-ring (bicyclic) bond motifs is 2. The van der Waals surface area contributed by atoms with Crippen molar-refractivity contribution in [2.24, 2.45) is 0 Å². The van der Waals surface area contributed by atoms with E-state index >= 15 is 0 Å². The van der Waals surface area contributed by atoms with Crippen molar-refractivity contribution in [3.8, 4) is 23.0 Å². The zero-order chi connectivity index (χ0) is 59.0. The van der Waals surface area contributed by atoms with Gasteiger partial charge in [0.1, 0.15) is 13.2 Å². The van der Waals surface area contributed by atoms with Gasteiger partial charge in [-0.1, -0.05) is 75.9 Å². The molecule has 25 heteroatoms. The van der Waals surface area contributed by atoms with Gasteiger partial charge in [-0.05, 0) is 121 Å². The summed E-state index contributed by atoms with van der Waals surface area (Å²) in [6, 6.07) is 24.4. The number of aliphatic hydroxyl groups is 2. The molecule has 457 valence electrons. The third-order valence-electron chi connectivity index (χ3n) is 13.0. The first-order chi connectivity index (χ1) is 40.5. The Morgan fingerprint density at radius 1 is 0.529 bits per heavy atom. The Bertz CT molecular complexity index is 2540. The molecule has 2 aromatic carbocycles. The molecule has 4 atom stereocenters. The molecular formula is C60H81BLiN6O13S4. The number of carbonyl (C=O) groups excluding carboxylic acids is 4. The number of aliphatic hydroxyl groups excluding tert-OH is 2. The van der Waals surface area contributed by atoms with E-state index in [4.69, 9.17) is 33.2 Å². The standard InChI is InChI=1S/2C28H35N3O6S2.C4H10O.B.Li.H/c2*1-2-3-6-21(18-35-28(34)31(16-22-7-4-13-38-22)17-23-8-5-14-39-23)29-27(33)30-24(11-12-32)20-9-10-25-26(15-20)37-19-36-25;1-3-5-4-2;;;/h2*4-5,7-10,13-15,21,24,32H,2-3,6,11-12,16-19H2,1H3,(H2,29,30,33);3-4H2,1-2H3;;;/q;;;;+1;-1/t2*21-,24-;;;;/m00..../s1. The van der Waals surface area contributed by atoms with Crippen LogP contribution in [0.1, 0.15) is 123 Å². The Kier molecular flexibility index (Phi) is 34.0. The van der Waals surface area contributed by atoms with E-state index in [-0.39, 0.29) is 80.8 Å². The van der Waals surface area contributed by atoms with Crippen molar-refractivity contribution in [2.45, 2.75) is 129 Å². The number of thiophene rings is 4. The summed E-state index contributed by atoms with van der Waals surface area (Å²) in [6.45, 7) is 11.9. The van der Waals surface area contributed by atoms with Crippen molar-refractivity contribution in [2.75, 3.05) is 53.2 Å². The molecule has 2 aliphatic rings. The summed E-state index contributed by atoms with van der Waals surface area (Å²) < 4.78 is 38.0. The van der Waals surface area contributed by atoms with Gasteiger partial charge >= 0.3 is 43.1 Å². The van der Waals surface area contributed by atoms with E-state index in [1.165, 1.54) is 0 Å². The van der Waals surface area contributed by atoms with Crippen LogP contribution in [0.2, 0.25) is 0 Å². The molecule has 4 aromatic heterocycles. The molecule has 3 radical (unpaired) electrons. The summed E-state index contributed by atoms with van der Waals surface area (Å²) in [5.41, 5.74) is 1.61. The van der Waals surface area contributed by atoms with Gasteiger partial charge in [0.15, 0.2) is 23.0 Å². The first-order valence-corrected chi connectivity index (χ1v) is 31.7. The Hall–Kier alpha value is -5.94. The minimum absolute atomic E-state index is 0.